The van der Waals surface area contributed by atoms with Crippen molar-refractivity contribution in [3.05, 3.63) is 83.9 Å². The van der Waals surface area contributed by atoms with Crippen molar-refractivity contribution in [3.63, 3.8) is 0 Å². The van der Waals surface area contributed by atoms with Crippen LogP contribution in [0.3, 0.4) is 0 Å². The number of hydrogen-bond acceptors (Lipinski definition) is 9. The largest absolute Gasteiger partial charge is 0.493 e. The minimum Gasteiger partial charge on any atom is -0.493 e. The second-order valence-electron chi connectivity index (χ2n) is 10.4. The first-order valence-corrected chi connectivity index (χ1v) is 17.1. The van der Waals surface area contributed by atoms with Crippen LogP contribution in [-0.4, -0.2) is 70.9 Å². The Morgan fingerprint density at radius 1 is 0.978 bits per heavy atom. The molecule has 0 saturated carbocycles. The van der Waals surface area contributed by atoms with E-state index < -0.39 is 25.0 Å². The van der Waals surface area contributed by atoms with Crippen molar-refractivity contribution in [1.29, 1.82) is 5.41 Å². The quantitative estimate of drug-likeness (QED) is 0.0686. The van der Waals surface area contributed by atoms with Gasteiger partial charge in [-0.1, -0.05) is 49.4 Å². The smallest absolute Gasteiger partial charge is 0.340 e. The van der Waals surface area contributed by atoms with Gasteiger partial charge in [-0.05, 0) is 48.7 Å². The summed E-state index contributed by atoms with van der Waals surface area (Å²) in [6.45, 7) is 6.16. The fourth-order valence-electron chi connectivity index (χ4n) is 5.12. The number of nitrogens with two attached hydrogens (primary N) is 1. The zero-order valence-electron chi connectivity index (χ0n) is 25.6. The zero-order valence-corrected chi connectivity index (χ0v) is 28.9. The summed E-state index contributed by atoms with van der Waals surface area (Å²) in [7, 11) is -8.74. The molecule has 0 aromatic heterocycles. The average Bonchev–Trinajstić information content (AvgIpc) is 3.42. The van der Waals surface area contributed by atoms with E-state index in [0.29, 0.717) is 37.2 Å². The van der Waals surface area contributed by atoms with Crippen LogP contribution in [0.25, 0.3) is 0 Å². The van der Waals surface area contributed by atoms with Gasteiger partial charge in [0.25, 0.3) is 0 Å². The highest BCUT2D eigenvalue weighted by atomic mass is 35.5. The van der Waals surface area contributed by atoms with Gasteiger partial charge in [-0.3, -0.25) is 15.1 Å². The third kappa shape index (κ3) is 10.5. The first-order chi connectivity index (χ1) is 21.0. The molecule has 4 rings (SSSR count). The normalized spacial score (nSPS) is 15.1. The Morgan fingerprint density at radius 3 is 2.30 bits per heavy atom. The Morgan fingerprint density at radius 2 is 1.63 bits per heavy atom. The van der Waals surface area contributed by atoms with Crippen LogP contribution in [0.4, 0.5) is 0 Å². The van der Waals surface area contributed by atoms with E-state index in [0.717, 1.165) is 12.1 Å². The SMILES string of the molecule is CCN(C1CCN(Cc2ccccc2)C1)S(=O)(=O)c1ccccc1S(=O)(=O)Oc1cc(C)cc(OCCCONC(=N)N)c1.Cl.Cl. The number of sulfonamides is 1. The van der Waals surface area contributed by atoms with Crippen molar-refractivity contribution >= 4 is 50.9 Å². The van der Waals surface area contributed by atoms with Gasteiger partial charge in [0.05, 0.1) is 13.2 Å². The van der Waals surface area contributed by atoms with Gasteiger partial charge in [0.2, 0.25) is 16.0 Å². The van der Waals surface area contributed by atoms with Gasteiger partial charge in [-0.2, -0.15) is 12.7 Å². The highest BCUT2D eigenvalue weighted by molar-refractivity contribution is 7.91. The van der Waals surface area contributed by atoms with Gasteiger partial charge in [0.1, 0.15) is 21.3 Å². The van der Waals surface area contributed by atoms with Crippen LogP contribution in [0.1, 0.15) is 30.9 Å². The van der Waals surface area contributed by atoms with E-state index in [1.54, 1.807) is 19.9 Å². The monoisotopic (exact) mass is 717 g/mol. The minimum atomic E-state index is -4.55. The first kappa shape index (κ1) is 39.1. The lowest BCUT2D eigenvalue weighted by molar-refractivity contribution is 0.0733. The lowest BCUT2D eigenvalue weighted by Crippen LogP contribution is -2.42. The van der Waals surface area contributed by atoms with Crippen molar-refractivity contribution in [2.75, 3.05) is 32.8 Å². The standard InChI is InChI=1S/C30H39N5O7S2.2ClH/c1-3-35(25-14-15-34(22-25)21-24-10-5-4-6-11-24)43(36,37)28-12-7-8-13-29(28)44(38,39)42-27-19-23(2)18-26(20-27)40-16-9-17-41-33-30(31)32;;/h4-8,10-13,18-20,25H,3,9,14-17,21-22H2,1-2H3,(H4,31,32,33);2*1H. The Labute approximate surface area is 283 Å². The molecule has 254 valence electrons. The van der Waals surface area contributed by atoms with Gasteiger partial charge in [0.15, 0.2) is 0 Å². The van der Waals surface area contributed by atoms with Crippen molar-refractivity contribution in [1.82, 2.24) is 14.7 Å². The second kappa shape index (κ2) is 17.7. The molecule has 4 N–H and O–H groups in total. The van der Waals surface area contributed by atoms with Gasteiger partial charge >= 0.3 is 10.1 Å². The Bertz CT molecular complexity index is 1650. The van der Waals surface area contributed by atoms with Crippen LogP contribution < -0.4 is 20.1 Å². The lowest BCUT2D eigenvalue weighted by Gasteiger charge is -2.28. The highest BCUT2D eigenvalue weighted by Gasteiger charge is 2.38. The van der Waals surface area contributed by atoms with Crippen molar-refractivity contribution in [2.45, 2.75) is 49.1 Å². The first-order valence-electron chi connectivity index (χ1n) is 14.3. The predicted molar refractivity (Wildman–Crippen MR) is 181 cm³/mol. The molecule has 3 aromatic carbocycles. The molecule has 1 aliphatic rings. The zero-order chi connectivity index (χ0) is 31.7. The third-order valence-electron chi connectivity index (χ3n) is 6.99. The maximum absolute atomic E-state index is 14.0. The van der Waals surface area contributed by atoms with Crippen LogP contribution in [-0.2, 0) is 31.5 Å². The maximum atomic E-state index is 14.0. The van der Waals surface area contributed by atoms with Crippen LogP contribution in [0.2, 0.25) is 0 Å². The van der Waals surface area contributed by atoms with Crippen molar-refractivity contribution in [3.8, 4) is 11.5 Å². The van der Waals surface area contributed by atoms with E-state index in [2.05, 4.69) is 10.4 Å². The molecule has 46 heavy (non-hydrogen) atoms. The fraction of sp³-hybridized carbons (Fsp3) is 0.367. The van der Waals surface area contributed by atoms with E-state index in [9.17, 15) is 16.8 Å². The molecule has 1 aliphatic heterocycles. The number of ether oxygens (including phenoxy) is 1. The maximum Gasteiger partial charge on any atom is 0.340 e. The van der Waals surface area contributed by atoms with Crippen molar-refractivity contribution < 1.29 is 30.6 Å². The lowest BCUT2D eigenvalue weighted by atomic mass is 10.2. The summed E-state index contributed by atoms with van der Waals surface area (Å²) >= 11 is 0. The van der Waals surface area contributed by atoms with Gasteiger partial charge in [-0.15, -0.1) is 24.8 Å². The average molecular weight is 719 g/mol. The number of rotatable bonds is 15. The number of benzene rings is 3. The predicted octanol–water partition coefficient (Wildman–Crippen LogP) is 4.07. The number of nitrogens with one attached hydrogen (secondary N) is 2. The van der Waals surface area contributed by atoms with Gasteiger partial charge in [0, 0.05) is 44.7 Å². The molecule has 1 heterocycles. The molecule has 1 saturated heterocycles. The summed E-state index contributed by atoms with van der Waals surface area (Å²) in [4.78, 5) is 6.43. The molecule has 0 amide bonds. The molecular formula is C30H41Cl2N5O7S2. The number of halogens is 2. The molecular weight excluding hydrogens is 677 g/mol. The van der Waals surface area contributed by atoms with E-state index >= 15 is 0 Å². The van der Waals surface area contributed by atoms with Crippen LogP contribution in [0.5, 0.6) is 11.5 Å². The second-order valence-corrected chi connectivity index (χ2v) is 13.8. The molecule has 1 atom stereocenters. The van der Waals surface area contributed by atoms with E-state index in [4.69, 9.17) is 24.9 Å². The summed E-state index contributed by atoms with van der Waals surface area (Å²) in [6.07, 6.45) is 1.10. The number of aryl methyl sites for hydroxylation is 1. The number of guanidine groups is 1. The highest BCUT2D eigenvalue weighted by Crippen LogP contribution is 2.31. The number of hydrogen-bond donors (Lipinski definition) is 3. The topological polar surface area (TPSA) is 164 Å². The van der Waals surface area contributed by atoms with E-state index in [1.807, 2.05) is 30.3 Å². The van der Waals surface area contributed by atoms with Crippen molar-refractivity contribution in [2.24, 2.45) is 5.73 Å². The van der Waals surface area contributed by atoms with E-state index in [1.165, 1.54) is 40.7 Å². The summed E-state index contributed by atoms with van der Waals surface area (Å²) in [5, 5.41) is 7.06. The molecule has 0 aliphatic carbocycles. The molecule has 0 radical (unpaired) electrons. The van der Waals surface area contributed by atoms with Crippen LogP contribution in [0.15, 0.2) is 82.6 Å². The molecule has 3 aromatic rings. The number of hydroxylamine groups is 1. The third-order valence-corrected chi connectivity index (χ3v) is 10.5. The van der Waals surface area contributed by atoms with Crippen LogP contribution >= 0.6 is 24.8 Å². The summed E-state index contributed by atoms with van der Waals surface area (Å²) in [5.74, 6) is 0.0452. The van der Waals surface area contributed by atoms with Gasteiger partial charge < -0.3 is 14.7 Å². The Hall–Kier alpha value is -3.11. The summed E-state index contributed by atoms with van der Waals surface area (Å²) in [5.41, 5.74) is 9.21. The Balaban J connectivity index is 0.00000368. The van der Waals surface area contributed by atoms with Gasteiger partial charge in [-0.25, -0.2) is 13.9 Å². The molecule has 1 unspecified atom stereocenters. The molecule has 12 nitrogen and oxygen atoms in total. The van der Waals surface area contributed by atoms with E-state index in [-0.39, 0.29) is 67.2 Å². The molecule has 0 spiro atoms. The number of likely N-dealkylation sites (tertiary alicyclic amines) is 1. The molecule has 1 fully saturated rings. The Kier molecular flexibility index (Phi) is 15.0. The summed E-state index contributed by atoms with van der Waals surface area (Å²) < 4.78 is 67.7. The number of likely N-dealkylation sites (N-methyl/N-ethyl adjacent to an activating group) is 1. The summed E-state index contributed by atoms with van der Waals surface area (Å²) in [6, 6.07) is 19.9. The molecule has 16 heteroatoms. The molecule has 0 bridgehead atoms. The minimum absolute atomic E-state index is 0. The number of nitrogens with zero attached hydrogens (tertiary/aromatic N) is 2. The fourth-order valence-corrected chi connectivity index (χ4v) is 8.47. The van der Waals surface area contributed by atoms with Crippen LogP contribution in [0, 0.1) is 12.3 Å².